The van der Waals surface area contributed by atoms with Crippen LogP contribution in [0.3, 0.4) is 0 Å². The molecule has 0 saturated carbocycles. The van der Waals surface area contributed by atoms with Crippen LogP contribution in [0.1, 0.15) is 40.9 Å². The summed E-state index contributed by atoms with van der Waals surface area (Å²) in [5.41, 5.74) is 3.31. The van der Waals surface area contributed by atoms with Crippen LogP contribution in [0.5, 0.6) is 11.5 Å². The summed E-state index contributed by atoms with van der Waals surface area (Å²) in [5, 5.41) is 0. The van der Waals surface area contributed by atoms with E-state index in [0.29, 0.717) is 5.56 Å². The monoisotopic (exact) mass is 497 g/mol. The molecule has 0 amide bonds. The van der Waals surface area contributed by atoms with E-state index >= 15 is 0 Å². The van der Waals surface area contributed by atoms with Crippen molar-refractivity contribution < 1.29 is 14.3 Å². The predicted octanol–water partition coefficient (Wildman–Crippen LogP) is 5.71. The fourth-order valence-electron chi connectivity index (χ4n) is 4.42. The van der Waals surface area contributed by atoms with E-state index in [9.17, 15) is 4.79 Å². The van der Waals surface area contributed by atoms with Gasteiger partial charge in [-0.1, -0.05) is 18.2 Å². The number of halogens is 1. The largest absolute Gasteiger partial charge is 0.456 e. The maximum atomic E-state index is 12.8. The minimum atomic E-state index is -0.983. The van der Waals surface area contributed by atoms with Crippen molar-refractivity contribution >= 4 is 34.2 Å². The number of esters is 1. The lowest BCUT2D eigenvalue weighted by Crippen LogP contribution is -2.33. The van der Waals surface area contributed by atoms with Crippen molar-refractivity contribution in [2.24, 2.45) is 0 Å². The van der Waals surface area contributed by atoms with E-state index in [2.05, 4.69) is 53.5 Å². The smallest absolute Gasteiger partial charge is 0.340 e. The lowest BCUT2D eigenvalue weighted by Gasteiger charge is -2.37. The molecular formula is C24H20INO3. The Morgan fingerprint density at radius 2 is 1.59 bits per heavy atom. The standard InChI is InChI=1S/C24H20INO3/c1-3-26(4-2)16-10-12-20-22(14-16)28-21-13-15(25)9-11-19(21)24(20)18-8-6-5-7-17(18)23(27)29-24/h5-14H,3-4H2,1-2H3. The summed E-state index contributed by atoms with van der Waals surface area (Å²) in [6, 6.07) is 19.9. The third kappa shape index (κ3) is 2.60. The minimum Gasteiger partial charge on any atom is -0.456 e. The first kappa shape index (κ1) is 18.5. The zero-order chi connectivity index (χ0) is 20.2. The number of rotatable bonds is 3. The van der Waals surface area contributed by atoms with Crippen LogP contribution in [0, 0.1) is 3.57 Å². The van der Waals surface area contributed by atoms with Gasteiger partial charge in [-0.05, 0) is 72.8 Å². The number of carbonyl (C=O) groups is 1. The molecule has 4 nitrogen and oxygen atoms in total. The van der Waals surface area contributed by atoms with Gasteiger partial charge in [-0.2, -0.15) is 0 Å². The van der Waals surface area contributed by atoms with Gasteiger partial charge in [0.1, 0.15) is 11.5 Å². The summed E-state index contributed by atoms with van der Waals surface area (Å²) in [6.07, 6.45) is 0. The van der Waals surface area contributed by atoms with E-state index in [-0.39, 0.29) is 5.97 Å². The molecule has 1 unspecified atom stereocenters. The molecule has 3 aromatic rings. The Morgan fingerprint density at radius 1 is 0.897 bits per heavy atom. The molecule has 0 bridgehead atoms. The van der Waals surface area contributed by atoms with Gasteiger partial charge in [-0.25, -0.2) is 4.79 Å². The zero-order valence-electron chi connectivity index (χ0n) is 16.2. The van der Waals surface area contributed by atoms with Gasteiger partial charge in [0.25, 0.3) is 0 Å². The Kier molecular flexibility index (Phi) is 4.31. The van der Waals surface area contributed by atoms with Crippen LogP contribution >= 0.6 is 22.6 Å². The molecule has 0 saturated heterocycles. The highest BCUT2D eigenvalue weighted by Crippen LogP contribution is 2.56. The highest BCUT2D eigenvalue weighted by molar-refractivity contribution is 14.1. The predicted molar refractivity (Wildman–Crippen MR) is 121 cm³/mol. The second kappa shape index (κ2) is 6.76. The molecule has 2 aliphatic rings. The highest BCUT2D eigenvalue weighted by atomic mass is 127. The maximum Gasteiger partial charge on any atom is 0.340 e. The van der Waals surface area contributed by atoms with Crippen LogP contribution < -0.4 is 9.64 Å². The van der Waals surface area contributed by atoms with Gasteiger partial charge in [-0.15, -0.1) is 0 Å². The highest BCUT2D eigenvalue weighted by Gasteiger charge is 2.53. The van der Waals surface area contributed by atoms with Crippen molar-refractivity contribution in [1.82, 2.24) is 0 Å². The molecule has 1 atom stereocenters. The fourth-order valence-corrected chi connectivity index (χ4v) is 4.89. The Balaban J connectivity index is 1.80. The normalized spacial score (nSPS) is 18.5. The van der Waals surface area contributed by atoms with Gasteiger partial charge in [0.2, 0.25) is 0 Å². The van der Waals surface area contributed by atoms with E-state index in [4.69, 9.17) is 9.47 Å². The van der Waals surface area contributed by atoms with E-state index in [1.54, 1.807) is 0 Å². The van der Waals surface area contributed by atoms with Gasteiger partial charge < -0.3 is 14.4 Å². The van der Waals surface area contributed by atoms with Crippen LogP contribution in [-0.4, -0.2) is 19.1 Å². The molecule has 5 rings (SSSR count). The van der Waals surface area contributed by atoms with Crippen molar-refractivity contribution in [3.8, 4) is 11.5 Å². The number of nitrogens with zero attached hydrogens (tertiary/aromatic N) is 1. The molecule has 3 aromatic carbocycles. The van der Waals surface area contributed by atoms with Crippen LogP contribution in [0.2, 0.25) is 0 Å². The molecule has 0 aromatic heterocycles. The molecule has 146 valence electrons. The summed E-state index contributed by atoms with van der Waals surface area (Å²) < 4.78 is 13.6. The summed E-state index contributed by atoms with van der Waals surface area (Å²) in [7, 11) is 0. The van der Waals surface area contributed by atoms with E-state index in [1.807, 2.05) is 48.5 Å². The summed E-state index contributed by atoms with van der Waals surface area (Å²) in [4.78, 5) is 15.1. The number of carbonyl (C=O) groups excluding carboxylic acids is 1. The molecule has 2 aliphatic heterocycles. The fraction of sp³-hybridized carbons (Fsp3) is 0.208. The Hall–Kier alpha value is -2.54. The lowest BCUT2D eigenvalue weighted by atomic mass is 9.77. The molecular weight excluding hydrogens is 477 g/mol. The van der Waals surface area contributed by atoms with Crippen molar-refractivity contribution in [2.75, 3.05) is 18.0 Å². The molecule has 5 heteroatoms. The lowest BCUT2D eigenvalue weighted by molar-refractivity contribution is 0.0224. The van der Waals surface area contributed by atoms with Crippen LogP contribution in [0.25, 0.3) is 0 Å². The van der Waals surface area contributed by atoms with Crippen molar-refractivity contribution in [1.29, 1.82) is 0 Å². The molecule has 0 N–H and O–H groups in total. The second-order valence-electron chi connectivity index (χ2n) is 7.21. The van der Waals surface area contributed by atoms with E-state index < -0.39 is 5.60 Å². The van der Waals surface area contributed by atoms with Gasteiger partial charge in [0.05, 0.1) is 5.56 Å². The first-order chi connectivity index (χ1) is 14.1. The van der Waals surface area contributed by atoms with Gasteiger partial charge in [0, 0.05) is 45.1 Å². The molecule has 0 fully saturated rings. The molecule has 0 aliphatic carbocycles. The van der Waals surface area contributed by atoms with Crippen LogP contribution in [0.15, 0.2) is 60.7 Å². The topological polar surface area (TPSA) is 38.8 Å². The number of fused-ring (bicyclic) bond motifs is 6. The number of hydrogen-bond donors (Lipinski definition) is 0. The third-order valence-electron chi connectivity index (χ3n) is 5.79. The van der Waals surface area contributed by atoms with E-state index in [1.165, 1.54) is 0 Å². The minimum absolute atomic E-state index is 0.300. The van der Waals surface area contributed by atoms with Crippen LogP contribution in [0.4, 0.5) is 5.69 Å². The zero-order valence-corrected chi connectivity index (χ0v) is 18.4. The maximum absolute atomic E-state index is 12.8. The molecule has 29 heavy (non-hydrogen) atoms. The van der Waals surface area contributed by atoms with E-state index in [0.717, 1.165) is 50.5 Å². The quantitative estimate of drug-likeness (QED) is 0.344. The second-order valence-corrected chi connectivity index (χ2v) is 8.46. The SMILES string of the molecule is CCN(CC)c1ccc2c(c1)Oc1cc(I)ccc1C21OC(=O)c2ccccc21. The molecule has 0 radical (unpaired) electrons. The van der Waals surface area contributed by atoms with Gasteiger partial charge >= 0.3 is 5.97 Å². The van der Waals surface area contributed by atoms with Crippen molar-refractivity contribution in [3.63, 3.8) is 0 Å². The van der Waals surface area contributed by atoms with Gasteiger partial charge in [-0.3, -0.25) is 0 Å². The number of hydrogen-bond acceptors (Lipinski definition) is 4. The number of benzene rings is 3. The summed E-state index contributed by atoms with van der Waals surface area (Å²) >= 11 is 2.27. The Labute approximate surface area is 183 Å². The average Bonchev–Trinajstić information content (AvgIpc) is 3.02. The Morgan fingerprint density at radius 3 is 2.34 bits per heavy atom. The van der Waals surface area contributed by atoms with Crippen molar-refractivity contribution in [3.05, 3.63) is 86.5 Å². The van der Waals surface area contributed by atoms with Gasteiger partial charge in [0.15, 0.2) is 5.60 Å². The van der Waals surface area contributed by atoms with Crippen LogP contribution in [-0.2, 0) is 10.3 Å². The molecule has 2 heterocycles. The Bertz CT molecular complexity index is 1140. The summed E-state index contributed by atoms with van der Waals surface area (Å²) in [5.74, 6) is 1.16. The third-order valence-corrected chi connectivity index (χ3v) is 6.46. The first-order valence-corrected chi connectivity index (χ1v) is 10.9. The molecule has 1 spiro atoms. The summed E-state index contributed by atoms with van der Waals surface area (Å²) in [6.45, 7) is 6.09. The number of anilines is 1. The average molecular weight is 497 g/mol. The first-order valence-electron chi connectivity index (χ1n) is 9.78. The number of ether oxygens (including phenoxy) is 2. The van der Waals surface area contributed by atoms with Crippen molar-refractivity contribution in [2.45, 2.75) is 19.4 Å².